The molecule has 86 valence electrons. The maximum Gasteiger partial charge on any atom is 0.0270 e. The molecule has 0 radical (unpaired) electrons. The Morgan fingerprint density at radius 3 is 0.857 bits per heavy atom. The molecule has 0 rings (SSSR count). The Bertz CT molecular complexity index is 116. The van der Waals surface area contributed by atoms with Gasteiger partial charge in [0.05, 0.1) is 0 Å². The lowest BCUT2D eigenvalue weighted by Gasteiger charge is -2.41. The molecule has 0 spiro atoms. The van der Waals surface area contributed by atoms with Gasteiger partial charge in [-0.2, -0.15) is 0 Å². The topological polar surface area (TPSA) is 6.48 Å². The van der Waals surface area contributed by atoms with E-state index in [4.69, 9.17) is 0 Å². The highest BCUT2D eigenvalue weighted by Gasteiger charge is 2.30. The van der Waals surface area contributed by atoms with Crippen molar-refractivity contribution in [3.05, 3.63) is 0 Å². The molecule has 0 amide bonds. The van der Waals surface area contributed by atoms with E-state index < -0.39 is 0 Å². The zero-order valence-electron chi connectivity index (χ0n) is 11.2. The summed E-state index contributed by atoms with van der Waals surface area (Å²) in [7, 11) is 8.74. The smallest absolute Gasteiger partial charge is 0.0270 e. The largest absolute Gasteiger partial charge is 0.305 e. The minimum atomic E-state index is 0.630. The van der Waals surface area contributed by atoms with Crippen LogP contribution >= 0.6 is 0 Å². The lowest BCUT2D eigenvalue weighted by atomic mass is 9.87. The molecule has 0 aromatic rings. The molecule has 0 N–H and O–H groups in total. The summed E-state index contributed by atoms with van der Waals surface area (Å²) >= 11 is 0. The molecule has 0 saturated carbocycles. The van der Waals surface area contributed by atoms with Crippen LogP contribution in [0.15, 0.2) is 0 Å². The average Bonchev–Trinajstić information content (AvgIpc) is 1.96. The van der Waals surface area contributed by atoms with Gasteiger partial charge in [0.2, 0.25) is 0 Å². The predicted octanol–water partition coefficient (Wildman–Crippen LogP) is 2.16. The summed E-state index contributed by atoms with van der Waals surface area (Å²) in [6.07, 6.45) is 0. The van der Waals surface area contributed by atoms with E-state index in [0.717, 1.165) is 0 Å². The Balaban J connectivity index is 4.74. The van der Waals surface area contributed by atoms with Gasteiger partial charge in [0.25, 0.3) is 0 Å². The van der Waals surface area contributed by atoms with Gasteiger partial charge in [-0.1, -0.05) is 27.7 Å². The van der Waals surface area contributed by atoms with Crippen molar-refractivity contribution in [3.8, 4) is 0 Å². The zero-order chi connectivity index (χ0) is 11.5. The summed E-state index contributed by atoms with van der Waals surface area (Å²) in [5.74, 6) is 1.39. The number of hydrogen-bond donors (Lipinski definition) is 0. The van der Waals surface area contributed by atoms with Crippen LogP contribution in [-0.2, 0) is 0 Å². The fourth-order valence-corrected chi connectivity index (χ4v) is 2.59. The third kappa shape index (κ3) is 3.58. The summed E-state index contributed by atoms with van der Waals surface area (Å²) in [6, 6.07) is 1.26. The molecular formula is C12H28N2. The van der Waals surface area contributed by atoms with Gasteiger partial charge in [0.1, 0.15) is 0 Å². The Kier molecular flexibility index (Phi) is 5.68. The number of likely N-dealkylation sites (N-methyl/N-ethyl adjacent to an activating group) is 2. The highest BCUT2D eigenvalue weighted by molar-refractivity contribution is 4.86. The van der Waals surface area contributed by atoms with Crippen molar-refractivity contribution in [3.63, 3.8) is 0 Å². The van der Waals surface area contributed by atoms with Crippen LogP contribution in [0.25, 0.3) is 0 Å². The van der Waals surface area contributed by atoms with Crippen LogP contribution in [0.2, 0.25) is 0 Å². The summed E-state index contributed by atoms with van der Waals surface area (Å²) < 4.78 is 0. The van der Waals surface area contributed by atoms with Crippen LogP contribution in [0, 0.1) is 11.8 Å². The first-order valence-corrected chi connectivity index (χ1v) is 5.61. The molecule has 0 aliphatic heterocycles. The van der Waals surface area contributed by atoms with E-state index in [-0.39, 0.29) is 0 Å². The van der Waals surface area contributed by atoms with E-state index >= 15 is 0 Å². The van der Waals surface area contributed by atoms with Gasteiger partial charge in [-0.25, -0.2) is 0 Å². The molecule has 2 atom stereocenters. The molecule has 0 saturated heterocycles. The standard InChI is InChI=1S/C12H28N2/c1-9(2)11(13(5)6)12(10(3)4)14(7)8/h9-12H,1-8H3. The van der Waals surface area contributed by atoms with Crippen molar-refractivity contribution >= 4 is 0 Å². The van der Waals surface area contributed by atoms with Crippen LogP contribution in [0.3, 0.4) is 0 Å². The summed E-state index contributed by atoms with van der Waals surface area (Å²) in [6.45, 7) is 9.24. The molecule has 0 fully saturated rings. The first kappa shape index (κ1) is 13.9. The minimum Gasteiger partial charge on any atom is -0.305 e. The second-order valence-electron chi connectivity index (χ2n) is 5.40. The molecule has 0 bridgehead atoms. The molecule has 0 aromatic carbocycles. The van der Waals surface area contributed by atoms with Gasteiger partial charge in [-0.15, -0.1) is 0 Å². The maximum absolute atomic E-state index is 2.36. The van der Waals surface area contributed by atoms with E-state index in [1.165, 1.54) is 0 Å². The molecule has 14 heavy (non-hydrogen) atoms. The van der Waals surface area contributed by atoms with Crippen LogP contribution in [-0.4, -0.2) is 50.1 Å². The van der Waals surface area contributed by atoms with Gasteiger partial charge >= 0.3 is 0 Å². The van der Waals surface area contributed by atoms with Crippen molar-refractivity contribution in [2.24, 2.45) is 11.8 Å². The molecule has 0 heterocycles. The number of hydrogen-bond acceptors (Lipinski definition) is 2. The van der Waals surface area contributed by atoms with Crippen molar-refractivity contribution < 1.29 is 0 Å². The fourth-order valence-electron chi connectivity index (χ4n) is 2.59. The predicted molar refractivity (Wildman–Crippen MR) is 64.6 cm³/mol. The van der Waals surface area contributed by atoms with Crippen LogP contribution in [0.1, 0.15) is 27.7 Å². The summed E-state index contributed by atoms with van der Waals surface area (Å²) in [5.41, 5.74) is 0. The Morgan fingerprint density at radius 1 is 0.571 bits per heavy atom. The quantitative estimate of drug-likeness (QED) is 0.671. The third-order valence-electron chi connectivity index (χ3n) is 2.91. The van der Waals surface area contributed by atoms with E-state index in [2.05, 4.69) is 65.7 Å². The monoisotopic (exact) mass is 200 g/mol. The zero-order valence-corrected chi connectivity index (χ0v) is 11.2. The van der Waals surface area contributed by atoms with Crippen molar-refractivity contribution in [1.29, 1.82) is 0 Å². The van der Waals surface area contributed by atoms with Crippen LogP contribution < -0.4 is 0 Å². The summed E-state index contributed by atoms with van der Waals surface area (Å²) in [4.78, 5) is 4.71. The van der Waals surface area contributed by atoms with Crippen LogP contribution in [0.4, 0.5) is 0 Å². The normalized spacial score (nSPS) is 17.1. The lowest BCUT2D eigenvalue weighted by molar-refractivity contribution is 0.0838. The van der Waals surface area contributed by atoms with Gasteiger partial charge in [-0.05, 0) is 40.0 Å². The molecule has 2 heteroatoms. The van der Waals surface area contributed by atoms with E-state index in [9.17, 15) is 0 Å². The molecular weight excluding hydrogens is 172 g/mol. The Morgan fingerprint density at radius 2 is 0.786 bits per heavy atom. The van der Waals surface area contributed by atoms with E-state index in [1.807, 2.05) is 0 Å². The van der Waals surface area contributed by atoms with Gasteiger partial charge in [0, 0.05) is 12.1 Å². The highest BCUT2D eigenvalue weighted by atomic mass is 15.2. The van der Waals surface area contributed by atoms with Crippen molar-refractivity contribution in [2.45, 2.75) is 39.8 Å². The minimum absolute atomic E-state index is 0.630. The number of rotatable bonds is 5. The van der Waals surface area contributed by atoms with E-state index in [0.29, 0.717) is 23.9 Å². The van der Waals surface area contributed by atoms with Gasteiger partial charge < -0.3 is 9.80 Å². The summed E-state index contributed by atoms with van der Waals surface area (Å²) in [5, 5.41) is 0. The van der Waals surface area contributed by atoms with Crippen molar-refractivity contribution in [1.82, 2.24) is 9.80 Å². The fraction of sp³-hybridized carbons (Fsp3) is 1.00. The molecule has 0 aromatic heterocycles. The first-order chi connectivity index (χ1) is 6.29. The molecule has 0 aliphatic rings. The average molecular weight is 200 g/mol. The Labute approximate surface area is 90.3 Å². The van der Waals surface area contributed by atoms with Crippen molar-refractivity contribution in [2.75, 3.05) is 28.2 Å². The molecule has 2 nitrogen and oxygen atoms in total. The second-order valence-corrected chi connectivity index (χ2v) is 5.40. The first-order valence-electron chi connectivity index (χ1n) is 5.61. The van der Waals surface area contributed by atoms with Gasteiger partial charge in [0.15, 0.2) is 0 Å². The van der Waals surface area contributed by atoms with E-state index in [1.54, 1.807) is 0 Å². The maximum atomic E-state index is 2.36. The highest BCUT2D eigenvalue weighted by Crippen LogP contribution is 2.21. The molecule has 0 aliphatic carbocycles. The second kappa shape index (κ2) is 5.72. The van der Waals surface area contributed by atoms with Gasteiger partial charge in [-0.3, -0.25) is 0 Å². The molecule has 2 unspecified atom stereocenters. The SMILES string of the molecule is CC(C)C(C(C(C)C)N(C)C)N(C)C. The lowest BCUT2D eigenvalue weighted by Crippen LogP contribution is -2.52. The third-order valence-corrected chi connectivity index (χ3v) is 2.91. The van der Waals surface area contributed by atoms with Crippen LogP contribution in [0.5, 0.6) is 0 Å². The Hall–Kier alpha value is -0.0800. The number of nitrogens with zero attached hydrogens (tertiary/aromatic N) is 2.